The molecule has 0 saturated carbocycles. The number of benzene rings is 1. The fraction of sp³-hybridized carbons (Fsp3) is 0.280. The molecular formula is C25H19F6N5O. The summed E-state index contributed by atoms with van der Waals surface area (Å²) in [6.45, 7) is 1.62. The van der Waals surface area contributed by atoms with E-state index >= 15 is 0 Å². The Bertz CT molecular complexity index is 1520. The number of pyridine rings is 2. The van der Waals surface area contributed by atoms with E-state index in [1.165, 1.54) is 48.4 Å². The highest BCUT2D eigenvalue weighted by atomic mass is 19.4. The van der Waals surface area contributed by atoms with Crippen molar-refractivity contribution in [3.63, 3.8) is 0 Å². The lowest BCUT2D eigenvalue weighted by atomic mass is 9.82. The van der Waals surface area contributed by atoms with E-state index in [9.17, 15) is 36.7 Å². The van der Waals surface area contributed by atoms with Crippen LogP contribution in [0.4, 0.5) is 26.3 Å². The van der Waals surface area contributed by atoms with Crippen LogP contribution in [0.1, 0.15) is 46.3 Å². The predicted molar refractivity (Wildman–Crippen MR) is 120 cm³/mol. The fourth-order valence-corrected chi connectivity index (χ4v) is 4.37. The predicted octanol–water partition coefficient (Wildman–Crippen LogP) is 5.21. The molecule has 0 amide bonds. The summed E-state index contributed by atoms with van der Waals surface area (Å²) in [4.78, 5) is 11.6. The van der Waals surface area contributed by atoms with Gasteiger partial charge >= 0.3 is 12.4 Å². The first-order valence-electron chi connectivity index (χ1n) is 10.9. The van der Waals surface area contributed by atoms with Gasteiger partial charge in [0, 0.05) is 29.9 Å². The monoisotopic (exact) mass is 519 g/mol. The van der Waals surface area contributed by atoms with Crippen LogP contribution in [-0.2, 0) is 31.7 Å². The van der Waals surface area contributed by atoms with Crippen molar-refractivity contribution in [1.82, 2.24) is 19.5 Å². The zero-order chi connectivity index (χ0) is 27.2. The SMILES string of the molecule is CCc1nc2ccc([C@](O)(c3ccnc(C(F)(F)F)c3)c3cncn3C)cc2c(C#N)c1CC(F)(F)F. The second kappa shape index (κ2) is 9.15. The van der Waals surface area contributed by atoms with E-state index in [1.54, 1.807) is 6.92 Å². The molecule has 1 aromatic carbocycles. The quantitative estimate of drug-likeness (QED) is 0.366. The first-order chi connectivity index (χ1) is 17.3. The van der Waals surface area contributed by atoms with Crippen LogP contribution in [0.25, 0.3) is 10.9 Å². The number of fused-ring (bicyclic) bond motifs is 1. The minimum atomic E-state index is -4.80. The first-order valence-corrected chi connectivity index (χ1v) is 10.9. The van der Waals surface area contributed by atoms with E-state index in [2.05, 4.69) is 15.0 Å². The van der Waals surface area contributed by atoms with Gasteiger partial charge in [-0.15, -0.1) is 0 Å². The maximum atomic E-state index is 13.4. The molecule has 0 saturated heterocycles. The van der Waals surface area contributed by atoms with E-state index in [4.69, 9.17) is 0 Å². The molecule has 192 valence electrons. The molecule has 12 heteroatoms. The van der Waals surface area contributed by atoms with Crippen LogP contribution in [0.5, 0.6) is 0 Å². The van der Waals surface area contributed by atoms with E-state index in [0.717, 1.165) is 6.20 Å². The maximum Gasteiger partial charge on any atom is 0.433 e. The zero-order valence-electron chi connectivity index (χ0n) is 19.5. The molecule has 0 aliphatic carbocycles. The van der Waals surface area contributed by atoms with E-state index in [-0.39, 0.29) is 51.0 Å². The smallest absolute Gasteiger partial charge is 0.374 e. The lowest BCUT2D eigenvalue weighted by molar-refractivity contribution is -0.141. The van der Waals surface area contributed by atoms with Crippen molar-refractivity contribution in [2.75, 3.05) is 0 Å². The number of imidazole rings is 1. The Kier molecular flexibility index (Phi) is 6.45. The van der Waals surface area contributed by atoms with Gasteiger partial charge in [0.2, 0.25) is 0 Å². The number of nitriles is 1. The number of rotatable bonds is 5. The summed E-state index contributed by atoms with van der Waals surface area (Å²) in [5.41, 5.74) is -3.82. The van der Waals surface area contributed by atoms with E-state index < -0.39 is 30.1 Å². The summed E-state index contributed by atoms with van der Waals surface area (Å²) in [5.74, 6) is 0. The molecule has 0 radical (unpaired) electrons. The van der Waals surface area contributed by atoms with Gasteiger partial charge in [0.25, 0.3) is 0 Å². The third kappa shape index (κ3) is 4.74. The molecule has 1 N–H and O–H groups in total. The van der Waals surface area contributed by atoms with Gasteiger partial charge in [-0.05, 0) is 41.8 Å². The topological polar surface area (TPSA) is 87.6 Å². The Morgan fingerprint density at radius 1 is 1.05 bits per heavy atom. The number of nitrogens with zero attached hydrogens (tertiary/aromatic N) is 5. The van der Waals surface area contributed by atoms with Gasteiger partial charge in [-0.3, -0.25) is 9.97 Å². The van der Waals surface area contributed by atoms with E-state index in [1.807, 2.05) is 6.07 Å². The van der Waals surface area contributed by atoms with Crippen molar-refractivity contribution in [2.24, 2.45) is 7.05 Å². The molecule has 3 aromatic heterocycles. The number of alkyl halides is 6. The lowest BCUT2D eigenvalue weighted by Crippen LogP contribution is -2.32. The second-order valence-corrected chi connectivity index (χ2v) is 8.43. The van der Waals surface area contributed by atoms with Gasteiger partial charge in [-0.1, -0.05) is 13.0 Å². The molecule has 3 heterocycles. The van der Waals surface area contributed by atoms with Crippen molar-refractivity contribution in [3.05, 3.63) is 88.4 Å². The van der Waals surface area contributed by atoms with Crippen LogP contribution in [-0.4, -0.2) is 30.8 Å². The molecule has 4 rings (SSSR count). The van der Waals surface area contributed by atoms with Gasteiger partial charge in [0.15, 0.2) is 5.60 Å². The first kappa shape index (κ1) is 26.1. The molecule has 4 aromatic rings. The van der Waals surface area contributed by atoms with Gasteiger partial charge in [0.1, 0.15) is 11.8 Å². The summed E-state index contributed by atoms with van der Waals surface area (Å²) in [6, 6.07) is 7.81. The van der Waals surface area contributed by atoms with Crippen LogP contribution >= 0.6 is 0 Å². The number of aromatic nitrogens is 4. The van der Waals surface area contributed by atoms with Crippen molar-refractivity contribution in [1.29, 1.82) is 5.26 Å². The zero-order valence-corrected chi connectivity index (χ0v) is 19.5. The molecule has 0 aliphatic rings. The minimum Gasteiger partial charge on any atom is -0.374 e. The van der Waals surface area contributed by atoms with Crippen LogP contribution in [0.3, 0.4) is 0 Å². The van der Waals surface area contributed by atoms with E-state index in [0.29, 0.717) is 6.07 Å². The minimum absolute atomic E-state index is 0.00318. The molecule has 0 aliphatic heterocycles. The Morgan fingerprint density at radius 2 is 1.76 bits per heavy atom. The van der Waals surface area contributed by atoms with Crippen molar-refractivity contribution in [3.8, 4) is 6.07 Å². The highest BCUT2D eigenvalue weighted by Crippen LogP contribution is 2.40. The molecule has 0 fully saturated rings. The normalized spacial score (nSPS) is 13.9. The van der Waals surface area contributed by atoms with Crippen LogP contribution in [0.2, 0.25) is 0 Å². The Balaban J connectivity index is 2.04. The Morgan fingerprint density at radius 3 is 2.32 bits per heavy atom. The molecular weight excluding hydrogens is 500 g/mol. The largest absolute Gasteiger partial charge is 0.433 e. The number of hydrogen-bond donors (Lipinski definition) is 1. The molecule has 0 bridgehead atoms. The van der Waals surface area contributed by atoms with Crippen LogP contribution in [0.15, 0.2) is 49.1 Å². The average Bonchev–Trinajstić information content (AvgIpc) is 3.27. The van der Waals surface area contributed by atoms with Gasteiger partial charge in [-0.2, -0.15) is 31.6 Å². The van der Waals surface area contributed by atoms with Crippen molar-refractivity contribution < 1.29 is 31.4 Å². The third-order valence-corrected chi connectivity index (χ3v) is 6.07. The fourth-order valence-electron chi connectivity index (χ4n) is 4.37. The number of hydrogen-bond acceptors (Lipinski definition) is 5. The van der Waals surface area contributed by atoms with Crippen molar-refractivity contribution in [2.45, 2.75) is 37.7 Å². The average molecular weight is 519 g/mol. The molecule has 1 atom stereocenters. The number of aliphatic hydroxyl groups is 1. The van der Waals surface area contributed by atoms with Crippen LogP contribution in [0, 0.1) is 11.3 Å². The molecule has 37 heavy (non-hydrogen) atoms. The highest BCUT2D eigenvalue weighted by Gasteiger charge is 2.40. The Labute approximate surface area is 206 Å². The molecule has 0 spiro atoms. The summed E-state index contributed by atoms with van der Waals surface area (Å²) in [6.07, 6.45) is -7.14. The third-order valence-electron chi connectivity index (χ3n) is 6.07. The summed E-state index contributed by atoms with van der Waals surface area (Å²) in [7, 11) is 1.53. The molecule has 6 nitrogen and oxygen atoms in total. The van der Waals surface area contributed by atoms with Gasteiger partial charge in [-0.25, -0.2) is 4.98 Å². The summed E-state index contributed by atoms with van der Waals surface area (Å²) in [5, 5.41) is 21.9. The number of halogens is 6. The lowest BCUT2D eigenvalue weighted by Gasteiger charge is -2.30. The summed E-state index contributed by atoms with van der Waals surface area (Å²) < 4.78 is 81.8. The molecule has 0 unspecified atom stereocenters. The number of aryl methyl sites for hydroxylation is 2. The Hall–Kier alpha value is -3.98. The second-order valence-electron chi connectivity index (χ2n) is 8.43. The van der Waals surface area contributed by atoms with Crippen molar-refractivity contribution >= 4 is 10.9 Å². The van der Waals surface area contributed by atoms with Gasteiger partial charge < -0.3 is 9.67 Å². The standard InChI is InChI=1S/C25H19F6N5O/c1-3-19-17(10-23(26,27)28)18(11-32)16-8-14(4-5-20(16)35-19)24(37,22-12-33-13-36(22)2)15-6-7-34-21(9-15)25(29,30)31/h4-9,12-13,37H,3,10H2,1-2H3/t24-/m0/s1. The highest BCUT2D eigenvalue weighted by molar-refractivity contribution is 5.87. The summed E-state index contributed by atoms with van der Waals surface area (Å²) >= 11 is 0. The van der Waals surface area contributed by atoms with Crippen LogP contribution < -0.4 is 0 Å². The maximum absolute atomic E-state index is 13.4. The van der Waals surface area contributed by atoms with Gasteiger partial charge in [0.05, 0.1) is 35.7 Å².